The lowest BCUT2D eigenvalue weighted by Crippen LogP contribution is -2.70. The van der Waals surface area contributed by atoms with Crippen molar-refractivity contribution in [3.05, 3.63) is 126 Å². The summed E-state index contributed by atoms with van der Waals surface area (Å²) in [6, 6.07) is 18.1. The first kappa shape index (κ1) is 76.4. The van der Waals surface area contributed by atoms with Crippen LogP contribution in [0.25, 0.3) is 11.1 Å². The van der Waals surface area contributed by atoms with E-state index in [1.54, 1.807) is 37.3 Å². The molecule has 37 nitrogen and oxygen atoms in total. The summed E-state index contributed by atoms with van der Waals surface area (Å²) < 4.78 is 41.7. The van der Waals surface area contributed by atoms with Crippen molar-refractivity contribution in [2.24, 2.45) is 21.5 Å². The number of hydrogen-bond acceptors (Lipinski definition) is 31. The first-order valence-electron chi connectivity index (χ1n) is 33.6. The summed E-state index contributed by atoms with van der Waals surface area (Å²) in [7, 11) is 0. The number of aliphatic hydroxyl groups excluding tert-OH is 12. The van der Waals surface area contributed by atoms with Crippen LogP contribution >= 0.6 is 0 Å². The molecule has 0 aliphatic carbocycles. The molecule has 23 N–H and O–H groups in total. The van der Waals surface area contributed by atoms with E-state index in [0.29, 0.717) is 11.1 Å². The van der Waals surface area contributed by atoms with E-state index in [0.717, 1.165) is 16.0 Å². The molecule has 7 heterocycles. The van der Waals surface area contributed by atoms with Crippen LogP contribution in [-0.2, 0) is 63.6 Å². The molecule has 37 heteroatoms. The third kappa shape index (κ3) is 16.8. The van der Waals surface area contributed by atoms with Crippen molar-refractivity contribution in [1.29, 1.82) is 0 Å². The second-order valence-corrected chi connectivity index (χ2v) is 26.1. The zero-order valence-electron chi connectivity index (χ0n) is 55.7. The minimum atomic E-state index is -2.35. The molecule has 5 fully saturated rings. The third-order valence-corrected chi connectivity index (χ3v) is 19.3. The van der Waals surface area contributed by atoms with Crippen LogP contribution in [0.4, 0.5) is 0 Å². The van der Waals surface area contributed by atoms with E-state index in [2.05, 4.69) is 47.2 Å². The maximum Gasteiger partial charge on any atom is 0.246 e. The molecular formula is C67H86N12O25. The number of amides is 6. The smallest absolute Gasteiger partial charge is 0.246 e. The number of guanidine groups is 2. The number of benzene rings is 4. The molecule has 0 saturated carbocycles. The molecule has 26 atom stereocenters. The van der Waals surface area contributed by atoms with Gasteiger partial charge in [-0.1, -0.05) is 104 Å². The van der Waals surface area contributed by atoms with Gasteiger partial charge in [0, 0.05) is 17.9 Å². The number of aliphatic imine (C=N–C) groups is 2. The van der Waals surface area contributed by atoms with Gasteiger partial charge in [-0.3, -0.25) is 38.8 Å². The average Bonchev–Trinajstić information content (AvgIpc) is 1.39. The van der Waals surface area contributed by atoms with Crippen LogP contribution in [-0.4, -0.2) is 306 Å². The predicted molar refractivity (Wildman–Crippen MR) is 355 cm³/mol. The fourth-order valence-corrected chi connectivity index (χ4v) is 13.3. The predicted octanol–water partition coefficient (Wildman–Crippen LogP) is -9.18. The van der Waals surface area contributed by atoms with Crippen molar-refractivity contribution in [2.45, 2.75) is 172 Å². The van der Waals surface area contributed by atoms with Crippen molar-refractivity contribution in [3.8, 4) is 16.9 Å². The van der Waals surface area contributed by atoms with Gasteiger partial charge in [-0.05, 0) is 34.4 Å². The summed E-state index contributed by atoms with van der Waals surface area (Å²) in [5, 5.41) is 151. The second-order valence-electron chi connectivity index (χ2n) is 26.1. The number of nitrogens with zero attached hydrogens (tertiary/aromatic N) is 3. The molecule has 26 unspecified atom stereocenters. The number of fused-ring (bicyclic) bond motifs is 1. The highest BCUT2D eigenvalue weighted by atomic mass is 16.8. The minimum absolute atomic E-state index is 0.0478. The van der Waals surface area contributed by atoms with Gasteiger partial charge in [-0.25, -0.2) is 0 Å². The van der Waals surface area contributed by atoms with Gasteiger partial charge in [0.05, 0.1) is 58.1 Å². The summed E-state index contributed by atoms with van der Waals surface area (Å²) in [5.74, 6) is -8.92. The number of carbonyl (C=O) groups excluding carboxylic acids is 6. The highest BCUT2D eigenvalue weighted by Gasteiger charge is 2.55. The zero-order valence-corrected chi connectivity index (χ0v) is 55.7. The molecule has 4 aromatic rings. The number of carbonyl (C=O) groups is 6. The first-order chi connectivity index (χ1) is 49.9. The lowest BCUT2D eigenvalue weighted by Gasteiger charge is -2.48. The first-order valence-corrected chi connectivity index (χ1v) is 33.6. The molecular weight excluding hydrogens is 1370 g/mol. The van der Waals surface area contributed by atoms with Crippen molar-refractivity contribution in [3.63, 3.8) is 0 Å². The molecule has 0 aromatic heterocycles. The van der Waals surface area contributed by atoms with E-state index in [1.165, 1.54) is 24.3 Å². The lowest BCUT2D eigenvalue weighted by atomic mass is 9.92. The Morgan fingerprint density at radius 2 is 1.19 bits per heavy atom. The van der Waals surface area contributed by atoms with Gasteiger partial charge in [-0.2, -0.15) is 0 Å². The maximum absolute atomic E-state index is 15.2. The van der Waals surface area contributed by atoms with Crippen molar-refractivity contribution in [1.82, 2.24) is 42.1 Å². The number of aliphatic hydroxyl groups is 12. The Balaban J connectivity index is 0.826. The van der Waals surface area contributed by atoms with Gasteiger partial charge in [0.25, 0.3) is 0 Å². The molecule has 7 aliphatic heterocycles. The second kappa shape index (κ2) is 33.6. The van der Waals surface area contributed by atoms with Crippen molar-refractivity contribution >= 4 is 47.4 Å². The Kier molecular flexibility index (Phi) is 24.7. The van der Waals surface area contributed by atoms with Crippen LogP contribution in [0.15, 0.2) is 119 Å². The molecule has 6 amide bonds. The minimum Gasteiger partial charge on any atom is -0.462 e. The van der Waals surface area contributed by atoms with Gasteiger partial charge < -0.3 is 148 Å². The van der Waals surface area contributed by atoms with E-state index < -0.39 is 239 Å². The summed E-state index contributed by atoms with van der Waals surface area (Å²) >= 11 is 0. The quantitative estimate of drug-likeness (QED) is 0.0440. The van der Waals surface area contributed by atoms with Crippen molar-refractivity contribution < 1.29 is 123 Å². The van der Waals surface area contributed by atoms with Crippen LogP contribution in [0, 0.1) is 0 Å². The van der Waals surface area contributed by atoms with Gasteiger partial charge in [0.15, 0.2) is 30.7 Å². The number of ether oxygens (including phenoxy) is 7. The van der Waals surface area contributed by atoms with Crippen LogP contribution in [0.2, 0.25) is 0 Å². The molecule has 0 radical (unpaired) electrons. The summed E-state index contributed by atoms with van der Waals surface area (Å²) in [6.07, 6.45) is -30.9. The zero-order chi connectivity index (χ0) is 74.4. The number of hydrogen-bond donors (Lipinski definition) is 21. The Morgan fingerprint density at radius 3 is 1.86 bits per heavy atom. The van der Waals surface area contributed by atoms with Gasteiger partial charge in [-0.15, -0.1) is 0 Å². The van der Waals surface area contributed by atoms with E-state index in [9.17, 15) is 80.5 Å². The normalized spacial score (nSPS) is 35.6. The fourth-order valence-electron chi connectivity index (χ4n) is 13.3. The lowest BCUT2D eigenvalue weighted by molar-refractivity contribution is -0.383. The van der Waals surface area contributed by atoms with Crippen LogP contribution < -0.4 is 53.4 Å². The highest BCUT2D eigenvalue weighted by Crippen LogP contribution is 2.38. The van der Waals surface area contributed by atoms with Gasteiger partial charge in [0.2, 0.25) is 41.7 Å². The summed E-state index contributed by atoms with van der Waals surface area (Å²) in [4.78, 5) is 96.7. The highest BCUT2D eigenvalue weighted by molar-refractivity contribution is 5.98. The molecule has 4 aromatic carbocycles. The van der Waals surface area contributed by atoms with Crippen molar-refractivity contribution in [2.75, 3.05) is 46.1 Å². The number of rotatable bonds is 18. The fraction of sp³-hybridized carbons (Fsp3) is 0.522. The van der Waals surface area contributed by atoms with Crippen LogP contribution in [0.5, 0.6) is 5.75 Å². The molecule has 104 heavy (non-hydrogen) atoms. The standard InChI is InChI=1S/C67H86N12O25/c1-28(30-8-4-2-5-9-30)43-59(95)73-35(20-29-12-18-34(19-13-29)99-64-53(91)50(88)55(40(26-82)101-64)104-65-54(92)51(89)56-41(102-65)27-98-63(103-56)33-16-14-32(15-17-33)31-10-6-3-7-11-31)58(94)77-44(46(84)36-21-71-66(68)75-36)61(97)78-45(60(96)74-37(24-80)57(93)70-23-42(83)76-43)47(85)38-22-72-67(69)79(38)62-52(90)49(87)48(86)39(25-81)100-62/h2-19,28,35-41,43-56,62-65,80-82,84-92H,20-27H2,1H3,(H2,69,72)(H,70,93)(H,73,95)(H,74,96)(H,76,83)(H,77,94)(H,78,97)(H3,68,71,75). The molecule has 7 aliphatic rings. The SMILES string of the molecule is CC(c1ccccc1)C1NC(=O)CNC(=O)C(CO)NC(=O)C(C(O)C2CN=C(N)N2C2OC(CO)C(O)C(O)C2O)NC(=O)C(C(O)C2CN=C(N)N2)NC(=O)C(Cc2ccc(OC3OC(CO)C(OC4OC5COC(c6ccc(-c7ccccc7)cc6)OC5C(O)C4O)C(O)C3O)cc2)NC1=O. The monoisotopic (exact) mass is 1460 g/mol. The van der Waals surface area contributed by atoms with Gasteiger partial charge >= 0.3 is 0 Å². The third-order valence-electron chi connectivity index (χ3n) is 19.3. The molecule has 0 spiro atoms. The summed E-state index contributed by atoms with van der Waals surface area (Å²) in [6.45, 7) is -3.22. The van der Waals surface area contributed by atoms with Crippen LogP contribution in [0.1, 0.15) is 35.8 Å². The number of nitrogens with one attached hydrogen (secondary N) is 7. The van der Waals surface area contributed by atoms with E-state index in [-0.39, 0.29) is 30.4 Å². The topological polar surface area (TPSA) is 574 Å². The molecule has 0 bridgehead atoms. The number of nitrogens with two attached hydrogens (primary N) is 2. The Hall–Kier alpha value is -8.68. The Morgan fingerprint density at radius 1 is 0.567 bits per heavy atom. The average molecular weight is 1460 g/mol. The Bertz CT molecular complexity index is 3690. The largest absolute Gasteiger partial charge is 0.462 e. The van der Waals surface area contributed by atoms with E-state index in [1.807, 2.05) is 54.6 Å². The molecule has 11 rings (SSSR count). The molecule has 564 valence electrons. The Labute approximate surface area is 593 Å². The van der Waals surface area contributed by atoms with E-state index >= 15 is 9.59 Å². The molecule has 5 saturated heterocycles. The van der Waals surface area contributed by atoms with Gasteiger partial charge in [0.1, 0.15) is 121 Å². The van der Waals surface area contributed by atoms with Crippen LogP contribution in [0.3, 0.4) is 0 Å². The summed E-state index contributed by atoms with van der Waals surface area (Å²) in [5.41, 5.74) is 15.5. The maximum atomic E-state index is 15.2. The van der Waals surface area contributed by atoms with E-state index in [4.69, 9.17) is 44.6 Å².